The Balaban J connectivity index is 2.15. The summed E-state index contributed by atoms with van der Waals surface area (Å²) in [5, 5.41) is 3.29. The van der Waals surface area contributed by atoms with Crippen LogP contribution >= 0.6 is 0 Å². The van der Waals surface area contributed by atoms with E-state index in [1.807, 2.05) is 0 Å². The monoisotopic (exact) mass is 272 g/mol. The molecule has 0 spiro atoms. The normalized spacial score (nSPS) is 16.8. The molecule has 1 aromatic rings. The average Bonchev–Trinajstić information content (AvgIpc) is 2.74. The Hall–Kier alpha value is -1.30. The van der Waals surface area contributed by atoms with E-state index >= 15 is 0 Å². The first-order chi connectivity index (χ1) is 8.44. The molecule has 6 heteroatoms. The van der Waals surface area contributed by atoms with Crippen molar-refractivity contribution in [1.29, 1.82) is 0 Å². The highest BCUT2D eigenvalue weighted by atomic mass is 32.2. The van der Waals surface area contributed by atoms with E-state index < -0.39 is 15.8 Å². The molecule has 0 saturated heterocycles. The molecule has 0 unspecified atom stereocenters. The van der Waals surface area contributed by atoms with Crippen molar-refractivity contribution in [1.82, 2.24) is 0 Å². The molecule has 1 aliphatic carbocycles. The van der Waals surface area contributed by atoms with E-state index in [-0.39, 0.29) is 5.69 Å². The van der Waals surface area contributed by atoms with Gasteiger partial charge in [0.05, 0.1) is 11.9 Å². The lowest BCUT2D eigenvalue weighted by Gasteiger charge is -2.15. The second-order valence-corrected chi connectivity index (χ2v) is 6.44. The van der Waals surface area contributed by atoms with Crippen LogP contribution in [0.25, 0.3) is 0 Å². The van der Waals surface area contributed by atoms with Gasteiger partial charge in [0.15, 0.2) is 0 Å². The molecule has 100 valence electrons. The second-order valence-electron chi connectivity index (χ2n) is 4.69. The van der Waals surface area contributed by atoms with Gasteiger partial charge in [0.25, 0.3) is 0 Å². The summed E-state index contributed by atoms with van der Waals surface area (Å²) in [6.45, 7) is 0. The number of anilines is 2. The van der Waals surface area contributed by atoms with Crippen LogP contribution in [0.3, 0.4) is 0 Å². The highest BCUT2D eigenvalue weighted by molar-refractivity contribution is 7.92. The zero-order valence-corrected chi connectivity index (χ0v) is 11.1. The molecule has 1 fully saturated rings. The molecule has 1 aromatic carbocycles. The van der Waals surface area contributed by atoms with Gasteiger partial charge in [-0.1, -0.05) is 12.8 Å². The lowest BCUT2D eigenvalue weighted by Crippen LogP contribution is -2.15. The summed E-state index contributed by atoms with van der Waals surface area (Å²) in [7, 11) is -3.46. The van der Waals surface area contributed by atoms with E-state index in [0.717, 1.165) is 24.8 Å². The molecule has 0 aromatic heterocycles. The third-order valence-electron chi connectivity index (χ3n) is 2.99. The fourth-order valence-corrected chi connectivity index (χ4v) is 2.75. The van der Waals surface area contributed by atoms with Gasteiger partial charge in [-0.2, -0.15) is 0 Å². The molecule has 1 aliphatic rings. The molecular weight excluding hydrogens is 255 g/mol. The smallest absolute Gasteiger partial charge is 0.229 e. The fraction of sp³-hybridized carbons (Fsp3) is 0.500. The van der Waals surface area contributed by atoms with Crippen molar-refractivity contribution in [3.05, 3.63) is 24.0 Å². The van der Waals surface area contributed by atoms with Crippen LogP contribution in [0.5, 0.6) is 0 Å². The Morgan fingerprint density at radius 3 is 2.56 bits per heavy atom. The number of rotatable bonds is 4. The van der Waals surface area contributed by atoms with Crippen LogP contribution in [0.4, 0.5) is 15.8 Å². The van der Waals surface area contributed by atoms with Gasteiger partial charge in [-0.3, -0.25) is 4.72 Å². The van der Waals surface area contributed by atoms with Crippen LogP contribution in [0, 0.1) is 5.82 Å². The minimum Gasteiger partial charge on any atom is -0.382 e. The molecular formula is C12H17FN2O2S. The zero-order valence-electron chi connectivity index (χ0n) is 10.2. The van der Waals surface area contributed by atoms with Crippen LogP contribution in [0.15, 0.2) is 18.2 Å². The zero-order chi connectivity index (χ0) is 13.2. The summed E-state index contributed by atoms with van der Waals surface area (Å²) < 4.78 is 37.9. The van der Waals surface area contributed by atoms with Crippen molar-refractivity contribution in [3.8, 4) is 0 Å². The summed E-state index contributed by atoms with van der Waals surface area (Å²) in [5.74, 6) is -0.572. The predicted molar refractivity (Wildman–Crippen MR) is 70.7 cm³/mol. The predicted octanol–water partition coefficient (Wildman–Crippen LogP) is 2.55. The molecule has 2 rings (SSSR count). The van der Waals surface area contributed by atoms with Crippen molar-refractivity contribution in [2.24, 2.45) is 0 Å². The Morgan fingerprint density at radius 2 is 1.94 bits per heavy atom. The fourth-order valence-electron chi connectivity index (χ4n) is 2.20. The van der Waals surface area contributed by atoms with Gasteiger partial charge in [0, 0.05) is 11.7 Å². The van der Waals surface area contributed by atoms with E-state index in [1.54, 1.807) is 6.07 Å². The van der Waals surface area contributed by atoms with Gasteiger partial charge in [-0.15, -0.1) is 0 Å². The molecule has 0 heterocycles. The lowest BCUT2D eigenvalue weighted by atomic mass is 10.2. The van der Waals surface area contributed by atoms with E-state index in [4.69, 9.17) is 0 Å². The maximum atomic E-state index is 13.5. The van der Waals surface area contributed by atoms with Crippen molar-refractivity contribution < 1.29 is 12.8 Å². The Morgan fingerprint density at radius 1 is 1.28 bits per heavy atom. The Labute approximate surface area is 107 Å². The molecule has 0 amide bonds. The van der Waals surface area contributed by atoms with E-state index in [9.17, 15) is 12.8 Å². The quantitative estimate of drug-likeness (QED) is 0.885. The summed E-state index contributed by atoms with van der Waals surface area (Å²) in [5.41, 5.74) is 0.731. The third kappa shape index (κ3) is 3.60. The van der Waals surface area contributed by atoms with Crippen LogP contribution < -0.4 is 10.0 Å². The number of hydrogen-bond acceptors (Lipinski definition) is 3. The van der Waals surface area contributed by atoms with E-state index in [1.165, 1.54) is 25.0 Å². The maximum absolute atomic E-state index is 13.5. The molecule has 0 atom stereocenters. The average molecular weight is 272 g/mol. The van der Waals surface area contributed by atoms with E-state index in [2.05, 4.69) is 10.0 Å². The van der Waals surface area contributed by atoms with Crippen LogP contribution in [-0.4, -0.2) is 20.7 Å². The van der Waals surface area contributed by atoms with Crippen LogP contribution in [0.1, 0.15) is 25.7 Å². The largest absolute Gasteiger partial charge is 0.382 e. The maximum Gasteiger partial charge on any atom is 0.229 e. The van der Waals surface area contributed by atoms with Gasteiger partial charge in [-0.25, -0.2) is 12.8 Å². The minimum absolute atomic E-state index is 0.0134. The molecule has 0 radical (unpaired) electrons. The van der Waals surface area contributed by atoms with Gasteiger partial charge in [0.1, 0.15) is 5.82 Å². The number of benzene rings is 1. The lowest BCUT2D eigenvalue weighted by molar-refractivity contribution is 0.603. The summed E-state index contributed by atoms with van der Waals surface area (Å²) in [6.07, 6.45) is 5.61. The highest BCUT2D eigenvalue weighted by Crippen LogP contribution is 2.25. The molecule has 0 aliphatic heterocycles. The van der Waals surface area contributed by atoms with Crippen LogP contribution in [-0.2, 0) is 10.0 Å². The second kappa shape index (κ2) is 5.14. The van der Waals surface area contributed by atoms with Gasteiger partial charge in [-0.05, 0) is 31.0 Å². The SMILES string of the molecule is CS(=O)(=O)Nc1cc(NC2CCCC2)ccc1F. The number of hydrogen-bond donors (Lipinski definition) is 2. The number of sulfonamides is 1. The van der Waals surface area contributed by atoms with Crippen molar-refractivity contribution in [3.63, 3.8) is 0 Å². The van der Waals surface area contributed by atoms with Gasteiger partial charge in [0.2, 0.25) is 10.0 Å². The van der Waals surface area contributed by atoms with E-state index in [0.29, 0.717) is 6.04 Å². The molecule has 4 nitrogen and oxygen atoms in total. The van der Waals surface area contributed by atoms with Crippen molar-refractivity contribution in [2.75, 3.05) is 16.3 Å². The molecule has 0 bridgehead atoms. The van der Waals surface area contributed by atoms with Gasteiger partial charge < -0.3 is 5.32 Å². The summed E-state index contributed by atoms with van der Waals surface area (Å²) in [4.78, 5) is 0. The standard InChI is InChI=1S/C12H17FN2O2S/c1-18(16,17)15-12-8-10(6-7-11(12)13)14-9-4-2-3-5-9/h6-9,14-15H,2-5H2,1H3. The van der Waals surface area contributed by atoms with Gasteiger partial charge >= 0.3 is 0 Å². The van der Waals surface area contributed by atoms with Crippen molar-refractivity contribution >= 4 is 21.4 Å². The Bertz CT molecular complexity index is 525. The first-order valence-corrected chi connectivity index (χ1v) is 7.87. The topological polar surface area (TPSA) is 58.2 Å². The number of halogens is 1. The number of nitrogens with one attached hydrogen (secondary N) is 2. The molecule has 18 heavy (non-hydrogen) atoms. The first kappa shape index (κ1) is 13.1. The summed E-state index contributed by atoms with van der Waals surface area (Å²) >= 11 is 0. The minimum atomic E-state index is -3.46. The van der Waals surface area contributed by atoms with Crippen molar-refractivity contribution in [2.45, 2.75) is 31.7 Å². The molecule has 2 N–H and O–H groups in total. The first-order valence-electron chi connectivity index (χ1n) is 5.98. The third-order valence-corrected chi connectivity index (χ3v) is 3.58. The molecule has 1 saturated carbocycles. The highest BCUT2D eigenvalue weighted by Gasteiger charge is 2.15. The Kier molecular flexibility index (Phi) is 3.75. The van der Waals surface area contributed by atoms with Crippen LogP contribution in [0.2, 0.25) is 0 Å². The summed E-state index contributed by atoms with van der Waals surface area (Å²) in [6, 6.07) is 4.79.